The lowest BCUT2D eigenvalue weighted by atomic mass is 10.0. The molecule has 2 heterocycles. The highest BCUT2D eigenvalue weighted by molar-refractivity contribution is 5.78. The summed E-state index contributed by atoms with van der Waals surface area (Å²) < 4.78 is 10.3. The standard InChI is InChI=1S/C13H22O3/c14-11(5-1-3-7-12-9-15-12)6-2-4-8-13-10-16-13/h12-13H,1-10H2. The van der Waals surface area contributed by atoms with Gasteiger partial charge >= 0.3 is 0 Å². The van der Waals surface area contributed by atoms with Crippen molar-refractivity contribution in [2.24, 2.45) is 0 Å². The number of unbranched alkanes of at least 4 members (excludes halogenated alkanes) is 2. The highest BCUT2D eigenvalue weighted by Crippen LogP contribution is 2.19. The van der Waals surface area contributed by atoms with Crippen molar-refractivity contribution in [2.75, 3.05) is 13.2 Å². The third kappa shape index (κ3) is 5.61. The molecule has 0 N–H and O–H groups in total. The first kappa shape index (κ1) is 12.1. The summed E-state index contributed by atoms with van der Waals surface area (Å²) in [4.78, 5) is 11.5. The summed E-state index contributed by atoms with van der Waals surface area (Å²) in [6, 6.07) is 0. The minimum Gasteiger partial charge on any atom is -0.373 e. The van der Waals surface area contributed by atoms with Gasteiger partial charge in [0.2, 0.25) is 0 Å². The summed E-state index contributed by atoms with van der Waals surface area (Å²) in [5.74, 6) is 0.438. The Kier molecular flexibility index (Phi) is 4.79. The number of ether oxygens (including phenoxy) is 2. The molecule has 3 nitrogen and oxygen atoms in total. The van der Waals surface area contributed by atoms with Crippen LogP contribution in [0.15, 0.2) is 0 Å². The fraction of sp³-hybridized carbons (Fsp3) is 0.923. The molecule has 0 aromatic heterocycles. The number of carbonyl (C=O) groups is 1. The van der Waals surface area contributed by atoms with Crippen LogP contribution in [0.5, 0.6) is 0 Å². The van der Waals surface area contributed by atoms with Crippen LogP contribution >= 0.6 is 0 Å². The Morgan fingerprint density at radius 2 is 1.31 bits per heavy atom. The van der Waals surface area contributed by atoms with Gasteiger partial charge in [-0.15, -0.1) is 0 Å². The van der Waals surface area contributed by atoms with Crippen molar-refractivity contribution in [2.45, 2.75) is 63.6 Å². The van der Waals surface area contributed by atoms with Crippen LogP contribution in [0.4, 0.5) is 0 Å². The molecule has 0 bridgehead atoms. The number of epoxide rings is 2. The minimum atomic E-state index is 0.438. The molecule has 0 aliphatic carbocycles. The summed E-state index contributed by atoms with van der Waals surface area (Å²) in [6.07, 6.45) is 9.26. The Labute approximate surface area is 97.5 Å². The van der Waals surface area contributed by atoms with E-state index in [2.05, 4.69) is 0 Å². The zero-order chi connectivity index (χ0) is 11.2. The summed E-state index contributed by atoms with van der Waals surface area (Å²) >= 11 is 0. The van der Waals surface area contributed by atoms with Gasteiger partial charge in [0.05, 0.1) is 25.4 Å². The van der Waals surface area contributed by atoms with E-state index in [1.54, 1.807) is 0 Å². The lowest BCUT2D eigenvalue weighted by Gasteiger charge is -2.00. The van der Waals surface area contributed by atoms with Crippen LogP contribution in [0.1, 0.15) is 51.4 Å². The van der Waals surface area contributed by atoms with Crippen molar-refractivity contribution < 1.29 is 14.3 Å². The monoisotopic (exact) mass is 226 g/mol. The Morgan fingerprint density at radius 3 is 1.69 bits per heavy atom. The summed E-state index contributed by atoms with van der Waals surface area (Å²) in [5.41, 5.74) is 0. The molecular weight excluding hydrogens is 204 g/mol. The second kappa shape index (κ2) is 6.36. The van der Waals surface area contributed by atoms with E-state index in [1.807, 2.05) is 0 Å². The number of hydrogen-bond acceptors (Lipinski definition) is 3. The molecule has 2 unspecified atom stereocenters. The van der Waals surface area contributed by atoms with Crippen LogP contribution in [-0.4, -0.2) is 31.2 Å². The van der Waals surface area contributed by atoms with Crippen LogP contribution in [-0.2, 0) is 14.3 Å². The second-order valence-electron chi connectivity index (χ2n) is 4.94. The van der Waals surface area contributed by atoms with E-state index in [9.17, 15) is 4.79 Å². The van der Waals surface area contributed by atoms with Gasteiger partial charge in [0, 0.05) is 12.8 Å². The van der Waals surface area contributed by atoms with Crippen LogP contribution in [0, 0.1) is 0 Å². The van der Waals surface area contributed by atoms with Gasteiger partial charge in [0.15, 0.2) is 0 Å². The molecule has 2 aliphatic heterocycles. The van der Waals surface area contributed by atoms with Gasteiger partial charge in [-0.2, -0.15) is 0 Å². The molecule has 2 fully saturated rings. The summed E-state index contributed by atoms with van der Waals surface area (Å²) in [7, 11) is 0. The molecule has 0 spiro atoms. The third-order valence-corrected chi connectivity index (χ3v) is 3.27. The Bertz CT molecular complexity index is 197. The van der Waals surface area contributed by atoms with Crippen LogP contribution < -0.4 is 0 Å². The number of hydrogen-bond donors (Lipinski definition) is 0. The smallest absolute Gasteiger partial charge is 0.132 e. The molecule has 0 saturated carbocycles. The molecule has 0 radical (unpaired) electrons. The Morgan fingerprint density at radius 1 is 0.875 bits per heavy atom. The predicted octanol–water partition coefficient (Wildman–Crippen LogP) is 2.47. The van der Waals surface area contributed by atoms with E-state index < -0.39 is 0 Å². The van der Waals surface area contributed by atoms with E-state index in [4.69, 9.17) is 9.47 Å². The van der Waals surface area contributed by atoms with Gasteiger partial charge in [0.1, 0.15) is 5.78 Å². The van der Waals surface area contributed by atoms with E-state index in [1.165, 1.54) is 0 Å². The van der Waals surface area contributed by atoms with Gasteiger partial charge in [-0.05, 0) is 25.7 Å². The van der Waals surface area contributed by atoms with Crippen molar-refractivity contribution in [1.29, 1.82) is 0 Å². The Balaban J connectivity index is 1.34. The van der Waals surface area contributed by atoms with Crippen LogP contribution in [0.2, 0.25) is 0 Å². The van der Waals surface area contributed by atoms with Gasteiger partial charge in [-0.25, -0.2) is 0 Å². The van der Waals surface area contributed by atoms with E-state index in [0.29, 0.717) is 18.0 Å². The van der Waals surface area contributed by atoms with E-state index in [-0.39, 0.29) is 0 Å². The highest BCUT2D eigenvalue weighted by atomic mass is 16.6. The topological polar surface area (TPSA) is 42.1 Å². The lowest BCUT2D eigenvalue weighted by Crippen LogP contribution is -1.98. The van der Waals surface area contributed by atoms with Crippen molar-refractivity contribution in [3.63, 3.8) is 0 Å². The molecule has 2 aliphatic rings. The third-order valence-electron chi connectivity index (χ3n) is 3.27. The van der Waals surface area contributed by atoms with Crippen LogP contribution in [0.25, 0.3) is 0 Å². The lowest BCUT2D eigenvalue weighted by molar-refractivity contribution is -0.119. The quantitative estimate of drug-likeness (QED) is 0.424. The number of Topliss-reactive ketones (excluding diaryl/α,β-unsaturated/α-hetero) is 1. The number of rotatable bonds is 10. The molecule has 2 saturated heterocycles. The molecular formula is C13H22O3. The average Bonchev–Trinajstić information content (AvgIpc) is 3.14. The molecule has 16 heavy (non-hydrogen) atoms. The van der Waals surface area contributed by atoms with E-state index >= 15 is 0 Å². The highest BCUT2D eigenvalue weighted by Gasteiger charge is 2.22. The van der Waals surface area contributed by atoms with Gasteiger partial charge < -0.3 is 9.47 Å². The van der Waals surface area contributed by atoms with Gasteiger partial charge in [-0.3, -0.25) is 4.79 Å². The molecule has 0 aromatic carbocycles. The van der Waals surface area contributed by atoms with Crippen molar-refractivity contribution in [3.05, 3.63) is 0 Å². The average molecular weight is 226 g/mol. The maximum atomic E-state index is 11.5. The van der Waals surface area contributed by atoms with Gasteiger partial charge in [-0.1, -0.05) is 12.8 Å². The maximum absolute atomic E-state index is 11.5. The molecule has 2 rings (SSSR count). The first-order valence-corrected chi connectivity index (χ1v) is 6.59. The summed E-state index contributed by atoms with van der Waals surface area (Å²) in [5, 5.41) is 0. The largest absolute Gasteiger partial charge is 0.373 e. The van der Waals surface area contributed by atoms with Gasteiger partial charge in [0.25, 0.3) is 0 Å². The molecule has 92 valence electrons. The maximum Gasteiger partial charge on any atom is 0.132 e. The zero-order valence-electron chi connectivity index (χ0n) is 9.95. The predicted molar refractivity (Wildman–Crippen MR) is 61.4 cm³/mol. The first-order chi connectivity index (χ1) is 7.84. The number of ketones is 1. The minimum absolute atomic E-state index is 0.438. The number of carbonyl (C=O) groups excluding carboxylic acids is 1. The first-order valence-electron chi connectivity index (χ1n) is 6.59. The van der Waals surface area contributed by atoms with Crippen LogP contribution in [0.3, 0.4) is 0 Å². The van der Waals surface area contributed by atoms with E-state index in [0.717, 1.165) is 64.6 Å². The SMILES string of the molecule is O=C(CCCCC1CO1)CCCCC1CO1. The Hall–Kier alpha value is -0.410. The molecule has 2 atom stereocenters. The fourth-order valence-electron chi connectivity index (χ4n) is 1.98. The molecule has 0 aromatic rings. The molecule has 0 amide bonds. The van der Waals surface area contributed by atoms with Crippen molar-refractivity contribution in [1.82, 2.24) is 0 Å². The van der Waals surface area contributed by atoms with Crippen molar-refractivity contribution in [3.8, 4) is 0 Å². The fourth-order valence-corrected chi connectivity index (χ4v) is 1.98. The zero-order valence-corrected chi connectivity index (χ0v) is 9.95. The normalized spacial score (nSPS) is 26.8. The molecule has 3 heteroatoms. The second-order valence-corrected chi connectivity index (χ2v) is 4.94. The summed E-state index contributed by atoms with van der Waals surface area (Å²) in [6.45, 7) is 1.88. The van der Waals surface area contributed by atoms with Crippen molar-refractivity contribution >= 4 is 5.78 Å².